The molecule has 0 bridgehead atoms. The van der Waals surface area contributed by atoms with Crippen LogP contribution in [0.4, 0.5) is 19.4 Å². The lowest BCUT2D eigenvalue weighted by molar-refractivity contribution is 0.0599. The van der Waals surface area contributed by atoms with Crippen molar-refractivity contribution >= 4 is 35.9 Å². The number of hydrogen-bond donors (Lipinski definition) is 0. The first-order chi connectivity index (χ1) is 14.0. The van der Waals surface area contributed by atoms with E-state index in [0.29, 0.717) is 12.3 Å². The lowest BCUT2D eigenvalue weighted by atomic mass is 10.1. The Bertz CT molecular complexity index is 1330. The van der Waals surface area contributed by atoms with Crippen LogP contribution in [-0.4, -0.2) is 42.4 Å². The van der Waals surface area contributed by atoms with Gasteiger partial charge in [0.15, 0.2) is 19.7 Å². The van der Waals surface area contributed by atoms with Gasteiger partial charge in [-0.15, -0.1) is 0 Å². The molecule has 0 spiro atoms. The van der Waals surface area contributed by atoms with Gasteiger partial charge in [-0.25, -0.2) is 21.6 Å². The van der Waals surface area contributed by atoms with Crippen molar-refractivity contribution in [1.82, 2.24) is 0 Å². The summed E-state index contributed by atoms with van der Waals surface area (Å²) in [7, 11) is -18.3. The van der Waals surface area contributed by atoms with Crippen molar-refractivity contribution in [2.75, 3.05) is 19.6 Å². The molecule has 0 aliphatic carbocycles. The standard InChI is InChI=1S/C17H17F5O7S3/c1-10-7-13(15(31(4,26)27)9-12(10)17(23)28-2)29-11-5-6-14(30(3,24)25)16(8-11)32(18,19,20,21)22/h5-9H,1-4H3. The van der Waals surface area contributed by atoms with Crippen molar-refractivity contribution < 1.29 is 50.5 Å². The van der Waals surface area contributed by atoms with E-state index in [0.717, 1.165) is 25.5 Å². The van der Waals surface area contributed by atoms with Gasteiger partial charge in [0.25, 0.3) is 0 Å². The van der Waals surface area contributed by atoms with Gasteiger partial charge in [0.05, 0.1) is 17.6 Å². The highest BCUT2D eigenvalue weighted by atomic mass is 32.5. The first kappa shape index (κ1) is 25.9. The largest absolute Gasteiger partial charge is 0.465 e. The summed E-state index contributed by atoms with van der Waals surface area (Å²) in [5.74, 6) is -2.38. The SMILES string of the molecule is COC(=O)c1cc(S(C)(=O)=O)c(Oc2ccc(S(C)(=O)=O)c(S(F)(F)(F)(F)F)c2)cc1C. The summed E-state index contributed by atoms with van der Waals surface area (Å²) < 4.78 is 125. The van der Waals surface area contributed by atoms with Gasteiger partial charge in [0.1, 0.15) is 21.3 Å². The van der Waals surface area contributed by atoms with E-state index < -0.39 is 62.1 Å². The van der Waals surface area contributed by atoms with Crippen molar-refractivity contribution in [2.45, 2.75) is 21.6 Å². The summed E-state index contributed by atoms with van der Waals surface area (Å²) in [4.78, 5) is 6.82. The van der Waals surface area contributed by atoms with E-state index >= 15 is 0 Å². The van der Waals surface area contributed by atoms with Crippen LogP contribution in [0.2, 0.25) is 0 Å². The van der Waals surface area contributed by atoms with Gasteiger partial charge in [-0.05, 0) is 36.8 Å². The third kappa shape index (κ3) is 5.69. The second-order valence-electron chi connectivity index (χ2n) is 6.83. The molecule has 0 aliphatic rings. The van der Waals surface area contributed by atoms with Crippen molar-refractivity contribution in [2.24, 2.45) is 0 Å². The Labute approximate surface area is 180 Å². The maximum atomic E-state index is 13.5. The van der Waals surface area contributed by atoms with Gasteiger partial charge < -0.3 is 9.47 Å². The molecular weight excluding hydrogens is 507 g/mol. The van der Waals surface area contributed by atoms with Gasteiger partial charge in [-0.2, -0.15) is 0 Å². The number of rotatable bonds is 6. The highest BCUT2D eigenvalue weighted by Crippen LogP contribution is 3.02. The summed E-state index contributed by atoms with van der Waals surface area (Å²) in [6, 6.07) is 2.59. The van der Waals surface area contributed by atoms with E-state index in [-0.39, 0.29) is 23.3 Å². The second-order valence-corrected chi connectivity index (χ2v) is 13.2. The Morgan fingerprint density at radius 3 is 1.84 bits per heavy atom. The van der Waals surface area contributed by atoms with Crippen LogP contribution < -0.4 is 4.74 Å². The summed E-state index contributed by atoms with van der Waals surface area (Å²) in [5, 5.41) is 0. The zero-order valence-corrected chi connectivity index (χ0v) is 19.3. The number of hydrogen-bond acceptors (Lipinski definition) is 7. The van der Waals surface area contributed by atoms with Crippen LogP contribution >= 0.6 is 10.2 Å². The van der Waals surface area contributed by atoms with Crippen LogP contribution in [0.3, 0.4) is 0 Å². The fraction of sp³-hybridized carbons (Fsp3) is 0.235. The molecule has 0 saturated carbocycles. The van der Waals surface area contributed by atoms with Crippen molar-refractivity contribution in [1.29, 1.82) is 0 Å². The monoisotopic (exact) mass is 524 g/mol. The Balaban J connectivity index is 2.79. The molecule has 7 nitrogen and oxygen atoms in total. The highest BCUT2D eigenvalue weighted by molar-refractivity contribution is 8.45. The Kier molecular flexibility index (Phi) is 5.70. The predicted octanol–water partition coefficient (Wildman–Crippen LogP) is 5.04. The van der Waals surface area contributed by atoms with Gasteiger partial charge >= 0.3 is 16.2 Å². The maximum Gasteiger partial charge on any atom is 0.338 e. The summed E-state index contributed by atoms with van der Waals surface area (Å²) in [6.45, 7) is 1.35. The van der Waals surface area contributed by atoms with Crippen molar-refractivity contribution in [3.05, 3.63) is 41.5 Å². The number of halogens is 5. The molecule has 0 amide bonds. The molecule has 0 aliphatic heterocycles. The van der Waals surface area contributed by atoms with Crippen LogP contribution in [0.5, 0.6) is 11.5 Å². The molecule has 0 aromatic heterocycles. The first-order valence-electron chi connectivity index (χ1n) is 8.23. The number of methoxy groups -OCH3 is 1. The normalized spacial score (nSPS) is 14.9. The molecule has 0 radical (unpaired) electrons. The fourth-order valence-electron chi connectivity index (χ4n) is 2.65. The predicted molar refractivity (Wildman–Crippen MR) is 107 cm³/mol. The molecule has 2 aromatic carbocycles. The molecule has 0 N–H and O–H groups in total. The average molecular weight is 525 g/mol. The van der Waals surface area contributed by atoms with E-state index in [2.05, 4.69) is 4.74 Å². The molecule has 15 heteroatoms. The zero-order chi connectivity index (χ0) is 25.0. The van der Waals surface area contributed by atoms with E-state index in [4.69, 9.17) is 4.74 Å². The minimum absolute atomic E-state index is 0.111. The molecule has 0 heterocycles. The molecule has 0 saturated heterocycles. The fourth-order valence-corrected chi connectivity index (χ4v) is 5.90. The van der Waals surface area contributed by atoms with Gasteiger partial charge in [-0.3, -0.25) is 0 Å². The Hall–Kier alpha value is -2.39. The lowest BCUT2D eigenvalue weighted by Crippen LogP contribution is -2.13. The van der Waals surface area contributed by atoms with E-state index in [9.17, 15) is 41.1 Å². The van der Waals surface area contributed by atoms with Crippen LogP contribution in [0.25, 0.3) is 0 Å². The summed E-state index contributed by atoms with van der Waals surface area (Å²) >= 11 is 0. The van der Waals surface area contributed by atoms with Gasteiger partial charge in [0.2, 0.25) is 0 Å². The lowest BCUT2D eigenvalue weighted by Gasteiger charge is -2.41. The molecule has 0 fully saturated rings. The topological polar surface area (TPSA) is 104 Å². The van der Waals surface area contributed by atoms with E-state index in [1.165, 1.54) is 6.92 Å². The number of carbonyl (C=O) groups excluding carboxylic acids is 1. The smallest absolute Gasteiger partial charge is 0.338 e. The number of aryl methyl sites for hydroxylation is 1. The average Bonchev–Trinajstić information content (AvgIpc) is 2.57. The quantitative estimate of drug-likeness (QED) is 0.385. The van der Waals surface area contributed by atoms with Gasteiger partial charge in [0, 0.05) is 18.6 Å². The third-order valence-electron chi connectivity index (χ3n) is 4.05. The van der Waals surface area contributed by atoms with Crippen LogP contribution in [-0.2, 0) is 24.4 Å². The zero-order valence-electron chi connectivity index (χ0n) is 16.9. The molecule has 0 atom stereocenters. The van der Waals surface area contributed by atoms with Crippen LogP contribution in [0.1, 0.15) is 15.9 Å². The number of carbonyl (C=O) groups is 1. The van der Waals surface area contributed by atoms with E-state index in [1.54, 1.807) is 0 Å². The number of benzene rings is 2. The number of esters is 1. The van der Waals surface area contributed by atoms with Crippen LogP contribution in [0, 0.1) is 6.92 Å². The summed E-state index contributed by atoms with van der Waals surface area (Å²) in [6.07, 6.45) is 1.05. The molecule has 2 rings (SSSR count). The minimum atomic E-state index is -10.5. The third-order valence-corrected chi connectivity index (χ3v) is 7.62. The van der Waals surface area contributed by atoms with Crippen molar-refractivity contribution in [3.63, 3.8) is 0 Å². The number of ether oxygens (including phenoxy) is 2. The molecule has 2 aromatic rings. The summed E-state index contributed by atoms with van der Waals surface area (Å²) in [5.41, 5.74) is -0.0691. The van der Waals surface area contributed by atoms with Crippen LogP contribution in [0.15, 0.2) is 45.0 Å². The molecular formula is C17H17F5O7S3. The van der Waals surface area contributed by atoms with Crippen molar-refractivity contribution in [3.8, 4) is 11.5 Å². The Morgan fingerprint density at radius 1 is 0.875 bits per heavy atom. The van der Waals surface area contributed by atoms with E-state index in [1.807, 2.05) is 0 Å². The first-order valence-corrected chi connectivity index (χ1v) is 14.0. The molecule has 180 valence electrons. The highest BCUT2D eigenvalue weighted by Gasteiger charge is 2.67. The van der Waals surface area contributed by atoms with Gasteiger partial charge in [-0.1, -0.05) is 19.4 Å². The molecule has 0 unspecified atom stereocenters. The number of sulfone groups is 2. The molecule has 32 heavy (non-hydrogen) atoms. The second kappa shape index (κ2) is 7.05. The minimum Gasteiger partial charge on any atom is -0.465 e. The Morgan fingerprint density at radius 2 is 1.41 bits per heavy atom. The maximum absolute atomic E-state index is 13.5.